The van der Waals surface area contributed by atoms with Crippen LogP contribution in [-0.4, -0.2) is 19.7 Å². The van der Waals surface area contributed by atoms with Crippen LogP contribution in [0.25, 0.3) is 11.4 Å². The molecule has 0 aliphatic carbocycles. The van der Waals surface area contributed by atoms with Crippen molar-refractivity contribution in [3.63, 3.8) is 0 Å². The molecule has 5 nitrogen and oxygen atoms in total. The first kappa shape index (κ1) is 9.85. The molecule has 0 atom stereocenters. The highest BCUT2D eigenvalue weighted by molar-refractivity contribution is 7.71. The van der Waals surface area contributed by atoms with Crippen LogP contribution in [0.5, 0.6) is 0 Å². The Labute approximate surface area is 90.8 Å². The van der Waals surface area contributed by atoms with Gasteiger partial charge in [0.2, 0.25) is 0 Å². The molecule has 0 aliphatic rings. The van der Waals surface area contributed by atoms with Gasteiger partial charge in [0.05, 0.1) is 5.56 Å². The van der Waals surface area contributed by atoms with Crippen LogP contribution in [0, 0.1) is 11.7 Å². The van der Waals surface area contributed by atoms with Gasteiger partial charge in [-0.15, -0.1) is 0 Å². The van der Waals surface area contributed by atoms with Crippen molar-refractivity contribution < 1.29 is 0 Å². The lowest BCUT2D eigenvalue weighted by atomic mass is 10.2. The van der Waals surface area contributed by atoms with Crippen molar-refractivity contribution in [1.29, 1.82) is 0 Å². The smallest absolute Gasteiger partial charge is 0.259 e. The van der Waals surface area contributed by atoms with E-state index in [1.54, 1.807) is 17.7 Å². The van der Waals surface area contributed by atoms with Crippen LogP contribution < -0.4 is 5.56 Å². The van der Waals surface area contributed by atoms with E-state index in [-0.39, 0.29) is 5.56 Å². The monoisotopic (exact) mass is 222 g/mol. The molecule has 0 spiro atoms. The third-order valence-corrected chi connectivity index (χ3v) is 2.54. The lowest BCUT2D eigenvalue weighted by Crippen LogP contribution is -2.11. The minimum absolute atomic E-state index is 0.160. The van der Waals surface area contributed by atoms with Gasteiger partial charge < -0.3 is 9.55 Å². The van der Waals surface area contributed by atoms with Crippen molar-refractivity contribution in [3.05, 3.63) is 33.0 Å². The van der Waals surface area contributed by atoms with E-state index in [4.69, 9.17) is 12.2 Å². The summed E-state index contributed by atoms with van der Waals surface area (Å²) in [5.41, 5.74) is 1.17. The topological polar surface area (TPSA) is 66.5 Å². The van der Waals surface area contributed by atoms with E-state index in [2.05, 4.69) is 15.2 Å². The molecule has 2 heterocycles. The summed E-state index contributed by atoms with van der Waals surface area (Å²) in [6.07, 6.45) is 0. The first-order chi connectivity index (χ1) is 7.09. The molecule has 0 aromatic carbocycles. The average Bonchev–Trinajstić information content (AvgIpc) is 2.49. The van der Waals surface area contributed by atoms with Gasteiger partial charge in [0.15, 0.2) is 10.6 Å². The molecule has 6 heteroatoms. The largest absolute Gasteiger partial charge is 0.326 e. The summed E-state index contributed by atoms with van der Waals surface area (Å²) < 4.78 is 2.15. The first-order valence-corrected chi connectivity index (χ1v) is 4.82. The zero-order valence-electron chi connectivity index (χ0n) is 8.37. The van der Waals surface area contributed by atoms with Crippen LogP contribution in [0.4, 0.5) is 0 Å². The Morgan fingerprint density at radius 1 is 1.47 bits per heavy atom. The SMILES string of the molecule is Cc1ccc(-c2n[nH]c(=S)n2C)c(=O)[nH]1. The Morgan fingerprint density at radius 3 is 2.73 bits per heavy atom. The van der Waals surface area contributed by atoms with E-state index in [9.17, 15) is 4.79 Å². The number of rotatable bonds is 1. The van der Waals surface area contributed by atoms with E-state index >= 15 is 0 Å². The van der Waals surface area contributed by atoms with Crippen molar-refractivity contribution in [2.24, 2.45) is 7.05 Å². The Bertz CT molecular complexity index is 607. The van der Waals surface area contributed by atoms with Crippen LogP contribution in [0.1, 0.15) is 5.69 Å². The van der Waals surface area contributed by atoms with Gasteiger partial charge in [0, 0.05) is 12.7 Å². The molecule has 0 unspecified atom stereocenters. The fraction of sp³-hybridized carbons (Fsp3) is 0.222. The van der Waals surface area contributed by atoms with Crippen LogP contribution in [-0.2, 0) is 7.05 Å². The fourth-order valence-corrected chi connectivity index (χ4v) is 1.47. The molecule has 0 saturated heterocycles. The van der Waals surface area contributed by atoms with Crippen LogP contribution in [0.2, 0.25) is 0 Å². The second-order valence-corrected chi connectivity index (χ2v) is 3.68. The van der Waals surface area contributed by atoms with Gasteiger partial charge in [-0.2, -0.15) is 5.10 Å². The van der Waals surface area contributed by atoms with Crippen molar-refractivity contribution in [2.45, 2.75) is 6.92 Å². The number of nitrogens with zero attached hydrogens (tertiary/aromatic N) is 2. The Morgan fingerprint density at radius 2 is 2.20 bits per heavy atom. The number of H-pyrrole nitrogens is 2. The minimum Gasteiger partial charge on any atom is -0.326 e. The maximum absolute atomic E-state index is 11.6. The molecule has 0 fully saturated rings. The van der Waals surface area contributed by atoms with E-state index in [1.165, 1.54) is 0 Å². The number of nitrogens with one attached hydrogen (secondary N) is 2. The maximum atomic E-state index is 11.6. The van der Waals surface area contributed by atoms with Crippen LogP contribution >= 0.6 is 12.2 Å². The quantitative estimate of drug-likeness (QED) is 0.711. The van der Waals surface area contributed by atoms with Gasteiger partial charge in [-0.1, -0.05) is 0 Å². The molecule has 0 aliphatic heterocycles. The van der Waals surface area contributed by atoms with Crippen LogP contribution in [0.3, 0.4) is 0 Å². The lowest BCUT2D eigenvalue weighted by Gasteiger charge is -1.99. The second kappa shape index (κ2) is 3.47. The number of aryl methyl sites for hydroxylation is 1. The number of hydrogen-bond acceptors (Lipinski definition) is 3. The molecular weight excluding hydrogens is 212 g/mol. The van der Waals surface area contributed by atoms with Gasteiger partial charge in [0.1, 0.15) is 0 Å². The summed E-state index contributed by atoms with van der Waals surface area (Å²) in [5.74, 6) is 0.543. The molecule has 0 bridgehead atoms. The zero-order chi connectivity index (χ0) is 11.0. The molecule has 0 saturated carbocycles. The molecule has 15 heavy (non-hydrogen) atoms. The normalized spacial score (nSPS) is 10.5. The molecule has 2 aromatic rings. The van der Waals surface area contributed by atoms with E-state index in [0.717, 1.165) is 5.69 Å². The highest BCUT2D eigenvalue weighted by Crippen LogP contribution is 2.10. The fourth-order valence-electron chi connectivity index (χ4n) is 1.34. The van der Waals surface area contributed by atoms with E-state index in [1.807, 2.05) is 13.0 Å². The average molecular weight is 222 g/mol. The summed E-state index contributed by atoms with van der Waals surface area (Å²) in [6, 6.07) is 3.56. The number of hydrogen-bond donors (Lipinski definition) is 2. The molecule has 0 amide bonds. The van der Waals surface area contributed by atoms with Crippen molar-refractivity contribution >= 4 is 12.2 Å². The summed E-state index contributed by atoms with van der Waals surface area (Å²) in [5, 5.41) is 6.64. The number of aromatic nitrogens is 4. The third-order valence-electron chi connectivity index (χ3n) is 2.18. The van der Waals surface area contributed by atoms with E-state index < -0.39 is 0 Å². The highest BCUT2D eigenvalue weighted by atomic mass is 32.1. The van der Waals surface area contributed by atoms with Crippen molar-refractivity contribution in [3.8, 4) is 11.4 Å². The highest BCUT2D eigenvalue weighted by Gasteiger charge is 2.09. The predicted molar refractivity (Wildman–Crippen MR) is 59.2 cm³/mol. The number of aromatic amines is 2. The summed E-state index contributed by atoms with van der Waals surface area (Å²) in [7, 11) is 1.76. The van der Waals surface area contributed by atoms with Crippen molar-refractivity contribution in [1.82, 2.24) is 19.7 Å². The van der Waals surface area contributed by atoms with Crippen LogP contribution in [0.15, 0.2) is 16.9 Å². The van der Waals surface area contributed by atoms with Gasteiger partial charge >= 0.3 is 0 Å². The Hall–Kier alpha value is -1.69. The van der Waals surface area contributed by atoms with E-state index in [0.29, 0.717) is 16.2 Å². The lowest BCUT2D eigenvalue weighted by molar-refractivity contribution is 0.899. The third kappa shape index (κ3) is 1.63. The van der Waals surface area contributed by atoms with Gasteiger partial charge in [-0.3, -0.25) is 9.89 Å². The molecule has 0 radical (unpaired) electrons. The second-order valence-electron chi connectivity index (χ2n) is 3.30. The minimum atomic E-state index is -0.160. The standard InChI is InChI=1S/C9H10N4OS/c1-5-3-4-6(8(14)10-5)7-11-12-9(15)13(7)2/h3-4H,1-2H3,(H,10,14)(H,12,15). The van der Waals surface area contributed by atoms with Gasteiger partial charge in [0.25, 0.3) is 5.56 Å². The molecule has 2 aromatic heterocycles. The molecular formula is C9H10N4OS. The molecule has 78 valence electrons. The molecule has 2 rings (SSSR count). The summed E-state index contributed by atoms with van der Waals surface area (Å²) >= 11 is 4.98. The summed E-state index contributed by atoms with van der Waals surface area (Å²) in [6.45, 7) is 1.83. The first-order valence-electron chi connectivity index (χ1n) is 4.41. The zero-order valence-corrected chi connectivity index (χ0v) is 9.18. The maximum Gasteiger partial charge on any atom is 0.259 e. The number of pyridine rings is 1. The van der Waals surface area contributed by atoms with Crippen molar-refractivity contribution in [2.75, 3.05) is 0 Å². The summed E-state index contributed by atoms with van der Waals surface area (Å²) in [4.78, 5) is 14.4. The predicted octanol–water partition coefficient (Wildman–Crippen LogP) is 1.14. The van der Waals surface area contributed by atoms with Gasteiger partial charge in [-0.05, 0) is 31.3 Å². The molecule has 2 N–H and O–H groups in total. The Kier molecular flexibility index (Phi) is 2.28. The van der Waals surface area contributed by atoms with Gasteiger partial charge in [-0.25, -0.2) is 0 Å². The Balaban J connectivity index is 2.70.